The summed E-state index contributed by atoms with van der Waals surface area (Å²) in [7, 11) is 0. The fourth-order valence-corrected chi connectivity index (χ4v) is 3.24. The summed E-state index contributed by atoms with van der Waals surface area (Å²) in [6.45, 7) is 10.5. The van der Waals surface area contributed by atoms with E-state index in [1.165, 1.54) is 0 Å². The van der Waals surface area contributed by atoms with Crippen molar-refractivity contribution in [3.63, 3.8) is 0 Å². The van der Waals surface area contributed by atoms with Gasteiger partial charge in [0.15, 0.2) is 0 Å². The summed E-state index contributed by atoms with van der Waals surface area (Å²) in [5.74, 6) is -0.227. The fraction of sp³-hybridized carbons (Fsp3) is 0.444. The van der Waals surface area contributed by atoms with Crippen LogP contribution in [0, 0.1) is 5.41 Å². The number of nitrogens with zero attached hydrogens (tertiary/aromatic N) is 2. The Balaban J connectivity index is 1.98. The van der Waals surface area contributed by atoms with Crippen LogP contribution in [0.1, 0.15) is 40.2 Å². The van der Waals surface area contributed by atoms with E-state index in [1.54, 1.807) is 16.4 Å². The van der Waals surface area contributed by atoms with E-state index in [4.69, 9.17) is 4.84 Å². The maximum Gasteiger partial charge on any atom is 0.337 e. The van der Waals surface area contributed by atoms with Crippen LogP contribution in [0.5, 0.6) is 0 Å². The molecule has 23 heavy (non-hydrogen) atoms. The molecule has 3 rings (SSSR count). The number of hydroxylamine groups is 1. The lowest BCUT2D eigenvalue weighted by atomic mass is 9.88. The number of hydrogen-bond acceptors (Lipinski definition) is 5. The molecule has 0 amide bonds. The summed E-state index contributed by atoms with van der Waals surface area (Å²) >= 11 is 1.64. The summed E-state index contributed by atoms with van der Waals surface area (Å²) < 4.78 is 0. The van der Waals surface area contributed by atoms with Crippen molar-refractivity contribution in [3.8, 4) is 11.3 Å². The molecule has 0 saturated heterocycles. The zero-order valence-corrected chi connectivity index (χ0v) is 15.0. The molecule has 0 aliphatic carbocycles. The number of aromatic nitrogens is 1. The molecule has 0 spiro atoms. The van der Waals surface area contributed by atoms with E-state index in [0.717, 1.165) is 22.5 Å². The monoisotopic (exact) mass is 330 g/mol. The topological polar surface area (TPSA) is 42.4 Å². The number of hydrogen-bond donors (Lipinski definition) is 0. The van der Waals surface area contributed by atoms with Crippen LogP contribution in [-0.4, -0.2) is 17.5 Å². The zero-order chi connectivity index (χ0) is 16.8. The van der Waals surface area contributed by atoms with E-state index >= 15 is 0 Å². The third-order valence-corrected chi connectivity index (χ3v) is 4.72. The van der Waals surface area contributed by atoms with Crippen molar-refractivity contribution in [1.29, 1.82) is 0 Å². The fourth-order valence-electron chi connectivity index (χ4n) is 2.59. The van der Waals surface area contributed by atoms with Gasteiger partial charge in [0, 0.05) is 28.1 Å². The van der Waals surface area contributed by atoms with Gasteiger partial charge >= 0.3 is 5.97 Å². The SMILES string of the molecule is CC(C)(C)C(=O)ON1CC(C)(C)c2cnc(-c3ccsc3)cc21. The van der Waals surface area contributed by atoms with Crippen molar-refractivity contribution >= 4 is 23.0 Å². The third-order valence-electron chi connectivity index (χ3n) is 4.04. The van der Waals surface area contributed by atoms with Crippen molar-refractivity contribution in [1.82, 2.24) is 4.98 Å². The molecule has 0 aromatic carbocycles. The Hall–Kier alpha value is -1.88. The molecule has 2 aromatic rings. The van der Waals surface area contributed by atoms with Crippen LogP contribution >= 0.6 is 11.3 Å². The lowest BCUT2D eigenvalue weighted by molar-refractivity contribution is -0.154. The van der Waals surface area contributed by atoms with Crippen molar-refractivity contribution in [3.05, 3.63) is 34.7 Å². The number of carbonyl (C=O) groups is 1. The van der Waals surface area contributed by atoms with Crippen LogP contribution in [0.4, 0.5) is 5.69 Å². The average Bonchev–Trinajstić information content (AvgIpc) is 3.05. The first-order valence-corrected chi connectivity index (χ1v) is 8.66. The molecule has 122 valence electrons. The first kappa shape index (κ1) is 16.0. The summed E-state index contributed by atoms with van der Waals surface area (Å²) in [6, 6.07) is 4.06. The van der Waals surface area contributed by atoms with E-state index in [-0.39, 0.29) is 11.4 Å². The molecule has 4 nitrogen and oxygen atoms in total. The van der Waals surface area contributed by atoms with E-state index in [9.17, 15) is 4.79 Å². The standard InChI is InChI=1S/C18H22N2O2S/c1-17(2,3)16(21)22-20-11-18(4,5)13-9-19-14(8-15(13)20)12-6-7-23-10-12/h6-10H,11H2,1-5H3. The highest BCUT2D eigenvalue weighted by atomic mass is 32.1. The second kappa shape index (κ2) is 5.34. The van der Waals surface area contributed by atoms with E-state index < -0.39 is 5.41 Å². The van der Waals surface area contributed by atoms with E-state index in [0.29, 0.717) is 6.54 Å². The van der Waals surface area contributed by atoms with Crippen LogP contribution in [0.15, 0.2) is 29.1 Å². The highest BCUT2D eigenvalue weighted by Crippen LogP contribution is 2.42. The lowest BCUT2D eigenvalue weighted by Crippen LogP contribution is -2.35. The third kappa shape index (κ3) is 2.98. The van der Waals surface area contributed by atoms with Crippen molar-refractivity contribution < 1.29 is 9.63 Å². The van der Waals surface area contributed by atoms with Gasteiger partial charge in [-0.15, -0.1) is 0 Å². The summed E-state index contributed by atoms with van der Waals surface area (Å²) in [5.41, 5.74) is 3.40. The molecule has 1 aliphatic rings. The maximum atomic E-state index is 12.3. The van der Waals surface area contributed by atoms with Gasteiger partial charge in [-0.1, -0.05) is 13.8 Å². The molecule has 0 unspecified atom stereocenters. The molecule has 0 saturated carbocycles. The van der Waals surface area contributed by atoms with Crippen LogP contribution < -0.4 is 5.06 Å². The Morgan fingerprint density at radius 2 is 2.13 bits per heavy atom. The summed E-state index contributed by atoms with van der Waals surface area (Å²) in [6.07, 6.45) is 1.91. The first-order valence-electron chi connectivity index (χ1n) is 7.71. The minimum absolute atomic E-state index is 0.103. The normalized spacial score (nSPS) is 16.3. The molecule has 5 heteroatoms. The summed E-state index contributed by atoms with van der Waals surface area (Å²) in [5, 5.41) is 5.83. The molecule has 3 heterocycles. The zero-order valence-electron chi connectivity index (χ0n) is 14.2. The Bertz CT molecular complexity index is 730. The predicted octanol–water partition coefficient (Wildman–Crippen LogP) is 4.41. The second-order valence-electron chi connectivity index (χ2n) is 7.65. The number of carbonyl (C=O) groups excluding carboxylic acids is 1. The Morgan fingerprint density at radius 3 is 2.74 bits per heavy atom. The Morgan fingerprint density at radius 1 is 1.39 bits per heavy atom. The molecule has 0 fully saturated rings. The minimum atomic E-state index is -0.532. The lowest BCUT2D eigenvalue weighted by Gasteiger charge is -2.25. The molecule has 0 radical (unpaired) electrons. The van der Waals surface area contributed by atoms with Gasteiger partial charge < -0.3 is 4.84 Å². The van der Waals surface area contributed by atoms with Gasteiger partial charge in [0.25, 0.3) is 0 Å². The highest BCUT2D eigenvalue weighted by molar-refractivity contribution is 7.08. The van der Waals surface area contributed by atoms with Crippen LogP contribution in [0.2, 0.25) is 0 Å². The van der Waals surface area contributed by atoms with Crippen molar-refractivity contribution in [2.24, 2.45) is 5.41 Å². The number of fused-ring (bicyclic) bond motifs is 1. The van der Waals surface area contributed by atoms with Crippen LogP contribution in [0.25, 0.3) is 11.3 Å². The molecule has 1 aliphatic heterocycles. The number of thiophene rings is 1. The van der Waals surface area contributed by atoms with Crippen LogP contribution in [-0.2, 0) is 15.0 Å². The quantitative estimate of drug-likeness (QED) is 0.818. The van der Waals surface area contributed by atoms with Gasteiger partial charge in [0.2, 0.25) is 0 Å². The minimum Gasteiger partial charge on any atom is -0.340 e. The first-order chi connectivity index (χ1) is 10.7. The molecule has 0 atom stereocenters. The van der Waals surface area contributed by atoms with Gasteiger partial charge in [-0.05, 0) is 38.3 Å². The molecule has 2 aromatic heterocycles. The predicted molar refractivity (Wildman–Crippen MR) is 93.5 cm³/mol. The van der Waals surface area contributed by atoms with Gasteiger partial charge in [0.1, 0.15) is 0 Å². The smallest absolute Gasteiger partial charge is 0.337 e. The average molecular weight is 330 g/mol. The molecule has 0 N–H and O–H groups in total. The molecular weight excluding hydrogens is 308 g/mol. The van der Waals surface area contributed by atoms with Gasteiger partial charge in [-0.25, -0.2) is 9.86 Å². The second-order valence-corrected chi connectivity index (χ2v) is 8.43. The van der Waals surface area contributed by atoms with Gasteiger partial charge in [0.05, 0.1) is 23.3 Å². The number of anilines is 1. The van der Waals surface area contributed by atoms with Crippen molar-refractivity contribution in [2.45, 2.75) is 40.0 Å². The van der Waals surface area contributed by atoms with Crippen LogP contribution in [0.3, 0.4) is 0 Å². The highest BCUT2D eigenvalue weighted by Gasteiger charge is 2.39. The maximum absolute atomic E-state index is 12.3. The number of pyridine rings is 1. The molecular formula is C18H22N2O2S. The van der Waals surface area contributed by atoms with Gasteiger partial charge in [-0.3, -0.25) is 4.98 Å². The number of rotatable bonds is 2. The van der Waals surface area contributed by atoms with E-state index in [1.807, 2.05) is 44.5 Å². The molecule has 0 bridgehead atoms. The van der Waals surface area contributed by atoms with E-state index in [2.05, 4.69) is 24.2 Å². The Labute approximate surface area is 141 Å². The van der Waals surface area contributed by atoms with Gasteiger partial charge in [-0.2, -0.15) is 11.3 Å². The van der Waals surface area contributed by atoms with Crippen molar-refractivity contribution in [2.75, 3.05) is 11.6 Å². The summed E-state index contributed by atoms with van der Waals surface area (Å²) in [4.78, 5) is 22.5. The Kier molecular flexibility index (Phi) is 3.71. The largest absolute Gasteiger partial charge is 0.340 e.